The molecule has 2 heterocycles. The second kappa shape index (κ2) is 7.33. The zero-order valence-corrected chi connectivity index (χ0v) is 14.8. The molecule has 134 valence electrons. The van der Waals surface area contributed by atoms with Crippen LogP contribution in [0.15, 0.2) is 86.8 Å². The van der Waals surface area contributed by atoms with Gasteiger partial charge in [-0.15, -0.1) is 0 Å². The van der Waals surface area contributed by atoms with Crippen LogP contribution in [0.2, 0.25) is 0 Å². The highest BCUT2D eigenvalue weighted by Crippen LogP contribution is 2.18. The normalized spacial score (nSPS) is 11.7. The first kappa shape index (κ1) is 16.8. The Kier molecular flexibility index (Phi) is 4.58. The SMILES string of the molecule is Cc1ccccc1N=c1oc2ccccc2cc1C(=O)NCc1ccco1. The lowest BCUT2D eigenvalue weighted by molar-refractivity contribution is 0.0944. The van der Waals surface area contributed by atoms with Crippen LogP contribution in [0.1, 0.15) is 21.7 Å². The maximum Gasteiger partial charge on any atom is 0.257 e. The smallest absolute Gasteiger partial charge is 0.257 e. The first-order valence-electron chi connectivity index (χ1n) is 8.64. The van der Waals surface area contributed by atoms with Gasteiger partial charge in [0.1, 0.15) is 16.9 Å². The molecule has 1 amide bonds. The number of para-hydroxylation sites is 2. The van der Waals surface area contributed by atoms with Crippen LogP contribution in [0.4, 0.5) is 5.69 Å². The van der Waals surface area contributed by atoms with E-state index in [4.69, 9.17) is 8.83 Å². The number of rotatable bonds is 4. The van der Waals surface area contributed by atoms with Gasteiger partial charge in [-0.25, -0.2) is 4.99 Å². The number of fused-ring (bicyclic) bond motifs is 1. The summed E-state index contributed by atoms with van der Waals surface area (Å²) in [7, 11) is 0. The molecule has 0 unspecified atom stereocenters. The highest BCUT2D eigenvalue weighted by Gasteiger charge is 2.13. The van der Waals surface area contributed by atoms with E-state index in [1.54, 1.807) is 18.4 Å². The Hall–Kier alpha value is -3.60. The fourth-order valence-corrected chi connectivity index (χ4v) is 2.79. The zero-order valence-electron chi connectivity index (χ0n) is 14.8. The van der Waals surface area contributed by atoms with E-state index in [0.29, 0.717) is 23.5 Å². The third kappa shape index (κ3) is 3.67. The fraction of sp³-hybridized carbons (Fsp3) is 0.0909. The predicted octanol–water partition coefficient (Wildman–Crippen LogP) is 4.50. The Bertz CT molecular complexity index is 1160. The van der Waals surface area contributed by atoms with Gasteiger partial charge in [0, 0.05) is 5.39 Å². The highest BCUT2D eigenvalue weighted by atomic mass is 16.3. The van der Waals surface area contributed by atoms with Gasteiger partial charge < -0.3 is 14.2 Å². The molecule has 0 atom stereocenters. The van der Waals surface area contributed by atoms with Crippen molar-refractivity contribution in [2.24, 2.45) is 4.99 Å². The molecule has 0 bridgehead atoms. The van der Waals surface area contributed by atoms with Crippen LogP contribution >= 0.6 is 0 Å². The predicted molar refractivity (Wildman–Crippen MR) is 102 cm³/mol. The minimum Gasteiger partial charge on any atom is -0.467 e. The fourth-order valence-electron chi connectivity index (χ4n) is 2.79. The molecule has 0 saturated carbocycles. The summed E-state index contributed by atoms with van der Waals surface area (Å²) >= 11 is 0. The maximum atomic E-state index is 12.8. The standard InChI is InChI=1S/C22H18N2O3/c1-15-7-2-4-10-19(15)24-22-18(13-16-8-3-5-11-20(16)27-22)21(25)23-14-17-9-6-12-26-17/h2-13H,14H2,1H3,(H,23,25). The third-order valence-electron chi connectivity index (χ3n) is 4.24. The first-order chi connectivity index (χ1) is 13.2. The van der Waals surface area contributed by atoms with E-state index in [-0.39, 0.29) is 11.5 Å². The van der Waals surface area contributed by atoms with Crippen molar-refractivity contribution >= 4 is 22.6 Å². The van der Waals surface area contributed by atoms with Gasteiger partial charge in [-0.05, 0) is 42.8 Å². The quantitative estimate of drug-likeness (QED) is 0.584. The lowest BCUT2D eigenvalue weighted by Crippen LogP contribution is -2.28. The van der Waals surface area contributed by atoms with Gasteiger partial charge in [-0.2, -0.15) is 0 Å². The van der Waals surface area contributed by atoms with Crippen LogP contribution in [-0.2, 0) is 6.54 Å². The van der Waals surface area contributed by atoms with Crippen molar-refractivity contribution < 1.29 is 13.6 Å². The molecule has 4 aromatic rings. The summed E-state index contributed by atoms with van der Waals surface area (Å²) in [5.74, 6) is 0.409. The summed E-state index contributed by atoms with van der Waals surface area (Å²) in [6, 6.07) is 20.7. The number of carbonyl (C=O) groups excluding carboxylic acids is 1. The van der Waals surface area contributed by atoms with E-state index in [0.717, 1.165) is 16.6 Å². The molecule has 0 aliphatic heterocycles. The van der Waals surface area contributed by atoms with Crippen LogP contribution in [0.25, 0.3) is 11.0 Å². The lowest BCUT2D eigenvalue weighted by atomic mass is 10.1. The molecule has 2 aromatic heterocycles. The van der Waals surface area contributed by atoms with Crippen molar-refractivity contribution in [2.75, 3.05) is 0 Å². The van der Waals surface area contributed by atoms with Crippen LogP contribution in [-0.4, -0.2) is 5.91 Å². The Labute approximate surface area is 156 Å². The summed E-state index contributed by atoms with van der Waals surface area (Å²) in [5.41, 5.74) is 3.09. The van der Waals surface area contributed by atoms with Gasteiger partial charge in [0.2, 0.25) is 5.55 Å². The summed E-state index contributed by atoms with van der Waals surface area (Å²) in [6.45, 7) is 2.26. The number of nitrogens with one attached hydrogen (secondary N) is 1. The molecule has 0 radical (unpaired) electrons. The number of benzene rings is 2. The largest absolute Gasteiger partial charge is 0.467 e. The average molecular weight is 358 g/mol. The van der Waals surface area contributed by atoms with Gasteiger partial charge in [-0.1, -0.05) is 36.4 Å². The number of amides is 1. The minimum atomic E-state index is -0.270. The van der Waals surface area contributed by atoms with Crippen LogP contribution in [0.3, 0.4) is 0 Å². The van der Waals surface area contributed by atoms with Crippen molar-refractivity contribution in [2.45, 2.75) is 13.5 Å². The maximum absolute atomic E-state index is 12.8. The van der Waals surface area contributed by atoms with Crippen molar-refractivity contribution in [1.29, 1.82) is 0 Å². The van der Waals surface area contributed by atoms with Gasteiger partial charge in [0.25, 0.3) is 5.91 Å². The molecular weight excluding hydrogens is 340 g/mol. The molecule has 0 saturated heterocycles. The van der Waals surface area contributed by atoms with E-state index in [1.165, 1.54) is 0 Å². The van der Waals surface area contributed by atoms with E-state index in [1.807, 2.05) is 61.5 Å². The topological polar surface area (TPSA) is 67.7 Å². The van der Waals surface area contributed by atoms with E-state index < -0.39 is 0 Å². The molecule has 0 aliphatic carbocycles. The van der Waals surface area contributed by atoms with Gasteiger partial charge in [0.05, 0.1) is 18.5 Å². The third-order valence-corrected chi connectivity index (χ3v) is 4.24. The number of furan rings is 1. The second-order valence-corrected chi connectivity index (χ2v) is 6.16. The molecule has 27 heavy (non-hydrogen) atoms. The molecule has 0 spiro atoms. The summed E-state index contributed by atoms with van der Waals surface area (Å²) in [6.07, 6.45) is 1.58. The highest BCUT2D eigenvalue weighted by molar-refractivity contribution is 5.96. The summed E-state index contributed by atoms with van der Waals surface area (Å²) in [4.78, 5) is 17.4. The van der Waals surface area contributed by atoms with Crippen molar-refractivity contribution in [3.05, 3.63) is 95.4 Å². The van der Waals surface area contributed by atoms with Crippen molar-refractivity contribution in [1.82, 2.24) is 5.32 Å². The lowest BCUT2D eigenvalue weighted by Gasteiger charge is -2.06. The minimum absolute atomic E-state index is 0.270. The molecule has 2 aromatic carbocycles. The number of nitrogens with zero attached hydrogens (tertiary/aromatic N) is 1. The Morgan fingerprint density at radius 3 is 2.67 bits per heavy atom. The number of hydrogen-bond donors (Lipinski definition) is 1. The molecular formula is C22H18N2O3. The molecule has 1 N–H and O–H groups in total. The summed E-state index contributed by atoms with van der Waals surface area (Å²) in [5, 5.41) is 3.69. The molecule has 0 fully saturated rings. The number of carbonyl (C=O) groups is 1. The average Bonchev–Trinajstić information content (AvgIpc) is 3.21. The van der Waals surface area contributed by atoms with Crippen molar-refractivity contribution in [3.8, 4) is 0 Å². The molecule has 5 heteroatoms. The van der Waals surface area contributed by atoms with Crippen molar-refractivity contribution in [3.63, 3.8) is 0 Å². The zero-order chi connectivity index (χ0) is 18.6. The molecule has 5 nitrogen and oxygen atoms in total. The van der Waals surface area contributed by atoms with Crippen LogP contribution in [0.5, 0.6) is 0 Å². The molecule has 0 aliphatic rings. The van der Waals surface area contributed by atoms with Gasteiger partial charge in [0.15, 0.2) is 0 Å². The monoisotopic (exact) mass is 358 g/mol. The Morgan fingerprint density at radius 1 is 1.04 bits per heavy atom. The summed E-state index contributed by atoms with van der Waals surface area (Å²) < 4.78 is 11.2. The van der Waals surface area contributed by atoms with E-state index in [2.05, 4.69) is 10.3 Å². The first-order valence-corrected chi connectivity index (χ1v) is 8.64. The van der Waals surface area contributed by atoms with E-state index >= 15 is 0 Å². The Balaban J connectivity index is 1.79. The van der Waals surface area contributed by atoms with E-state index in [9.17, 15) is 4.79 Å². The van der Waals surface area contributed by atoms with Crippen LogP contribution < -0.4 is 10.9 Å². The second-order valence-electron chi connectivity index (χ2n) is 6.16. The number of hydrogen-bond acceptors (Lipinski definition) is 4. The van der Waals surface area contributed by atoms with Gasteiger partial charge in [-0.3, -0.25) is 4.79 Å². The Morgan fingerprint density at radius 2 is 1.85 bits per heavy atom. The number of aryl methyl sites for hydroxylation is 1. The van der Waals surface area contributed by atoms with Crippen LogP contribution in [0, 0.1) is 6.92 Å². The van der Waals surface area contributed by atoms with Gasteiger partial charge >= 0.3 is 0 Å². The molecule has 4 rings (SSSR count).